The molecule has 0 saturated carbocycles. The fourth-order valence-electron chi connectivity index (χ4n) is 1.15. The van der Waals surface area contributed by atoms with Gasteiger partial charge in [-0.05, 0) is 0 Å². The number of amides is 2. The van der Waals surface area contributed by atoms with Crippen LogP contribution in [-0.2, 0) is 19.2 Å². The standard InChI is InChI=1S/C9H13NO4S/c1-9(2,15)5-8(13)14-10-6(11)3-4-7(10)12/h15H,3-5H2,1-2H3. The summed E-state index contributed by atoms with van der Waals surface area (Å²) in [5.74, 6) is -1.56. The van der Waals surface area contributed by atoms with Crippen molar-refractivity contribution in [1.29, 1.82) is 0 Å². The first-order chi connectivity index (χ1) is 6.79. The van der Waals surface area contributed by atoms with E-state index in [1.807, 2.05) is 0 Å². The van der Waals surface area contributed by atoms with Crippen molar-refractivity contribution in [3.63, 3.8) is 0 Å². The molecule has 0 spiro atoms. The summed E-state index contributed by atoms with van der Waals surface area (Å²) >= 11 is 4.15. The van der Waals surface area contributed by atoms with E-state index < -0.39 is 22.5 Å². The van der Waals surface area contributed by atoms with Crippen molar-refractivity contribution < 1.29 is 19.2 Å². The molecule has 0 aromatic heterocycles. The van der Waals surface area contributed by atoms with Crippen LogP contribution in [0.15, 0.2) is 0 Å². The van der Waals surface area contributed by atoms with Gasteiger partial charge in [0.2, 0.25) is 0 Å². The monoisotopic (exact) mass is 231 g/mol. The van der Waals surface area contributed by atoms with E-state index in [2.05, 4.69) is 17.5 Å². The summed E-state index contributed by atoms with van der Waals surface area (Å²) in [4.78, 5) is 38.1. The van der Waals surface area contributed by atoms with E-state index in [1.54, 1.807) is 13.8 Å². The highest BCUT2D eigenvalue weighted by Gasteiger charge is 2.33. The Morgan fingerprint density at radius 3 is 2.27 bits per heavy atom. The Bertz CT molecular complexity index is 292. The molecule has 15 heavy (non-hydrogen) atoms. The SMILES string of the molecule is CC(C)(S)CC(=O)ON1C(=O)CCC1=O. The lowest BCUT2D eigenvalue weighted by Crippen LogP contribution is -2.33. The van der Waals surface area contributed by atoms with Crippen LogP contribution < -0.4 is 0 Å². The molecule has 1 fully saturated rings. The van der Waals surface area contributed by atoms with Crippen LogP contribution in [0.1, 0.15) is 33.1 Å². The predicted octanol–water partition coefficient (Wildman–Crippen LogP) is 0.692. The molecule has 2 amide bonds. The molecule has 1 aliphatic heterocycles. The molecule has 5 nitrogen and oxygen atoms in total. The van der Waals surface area contributed by atoms with Crippen molar-refractivity contribution in [2.75, 3.05) is 0 Å². The zero-order valence-electron chi connectivity index (χ0n) is 8.65. The Morgan fingerprint density at radius 1 is 1.40 bits per heavy atom. The smallest absolute Gasteiger partial charge is 0.330 e. The minimum atomic E-state index is -0.626. The number of nitrogens with zero attached hydrogens (tertiary/aromatic N) is 1. The van der Waals surface area contributed by atoms with E-state index in [0.29, 0.717) is 5.06 Å². The number of hydrogen-bond donors (Lipinski definition) is 1. The Kier molecular flexibility index (Phi) is 3.38. The number of carbonyl (C=O) groups excluding carboxylic acids is 3. The second-order valence-corrected chi connectivity index (χ2v) is 5.25. The highest BCUT2D eigenvalue weighted by atomic mass is 32.1. The van der Waals surface area contributed by atoms with Gasteiger partial charge in [0.15, 0.2) is 0 Å². The first kappa shape index (κ1) is 12.0. The average molecular weight is 231 g/mol. The third-order valence-corrected chi connectivity index (χ3v) is 1.93. The number of hydrogen-bond acceptors (Lipinski definition) is 5. The van der Waals surface area contributed by atoms with Gasteiger partial charge in [0.05, 0.1) is 6.42 Å². The fourth-order valence-corrected chi connectivity index (χ4v) is 1.27. The van der Waals surface area contributed by atoms with E-state index in [1.165, 1.54) is 0 Å². The number of thiol groups is 1. The Hall–Kier alpha value is -1.04. The molecule has 6 heteroatoms. The summed E-state index contributed by atoms with van der Waals surface area (Å²) in [5, 5.41) is 0.544. The highest BCUT2D eigenvalue weighted by molar-refractivity contribution is 7.81. The van der Waals surface area contributed by atoms with E-state index in [-0.39, 0.29) is 19.3 Å². The van der Waals surface area contributed by atoms with Gasteiger partial charge in [-0.25, -0.2) is 4.79 Å². The minimum absolute atomic E-state index is 0.0349. The molecule has 0 bridgehead atoms. The maximum absolute atomic E-state index is 11.3. The molecule has 0 aromatic carbocycles. The van der Waals surface area contributed by atoms with Gasteiger partial charge in [-0.3, -0.25) is 9.59 Å². The molecule has 0 aromatic rings. The van der Waals surface area contributed by atoms with Crippen molar-refractivity contribution in [3.05, 3.63) is 0 Å². The molecular formula is C9H13NO4S. The zero-order chi connectivity index (χ0) is 11.6. The third kappa shape index (κ3) is 3.54. The molecule has 0 unspecified atom stereocenters. The van der Waals surface area contributed by atoms with Crippen LogP contribution in [0.25, 0.3) is 0 Å². The number of hydroxylamine groups is 2. The van der Waals surface area contributed by atoms with Crippen LogP contribution in [0.4, 0.5) is 0 Å². The number of rotatable bonds is 3. The molecular weight excluding hydrogens is 218 g/mol. The molecule has 1 aliphatic rings. The van der Waals surface area contributed by atoms with Crippen LogP contribution >= 0.6 is 12.6 Å². The van der Waals surface area contributed by atoms with Gasteiger partial charge in [-0.15, -0.1) is 5.06 Å². The van der Waals surface area contributed by atoms with Gasteiger partial charge >= 0.3 is 5.97 Å². The zero-order valence-corrected chi connectivity index (χ0v) is 9.54. The van der Waals surface area contributed by atoms with Crippen molar-refractivity contribution in [2.45, 2.75) is 37.9 Å². The number of imide groups is 1. The Labute approximate surface area is 93.1 Å². The molecule has 1 rings (SSSR count). The summed E-state index contributed by atoms with van der Waals surface area (Å²) in [6.07, 6.45) is 0.250. The van der Waals surface area contributed by atoms with Crippen LogP contribution in [0.3, 0.4) is 0 Å². The molecule has 84 valence electrons. The van der Waals surface area contributed by atoms with Crippen LogP contribution in [0, 0.1) is 0 Å². The topological polar surface area (TPSA) is 63.7 Å². The maximum Gasteiger partial charge on any atom is 0.334 e. The lowest BCUT2D eigenvalue weighted by atomic mass is 10.1. The summed E-state index contributed by atoms with van der Waals surface area (Å²) in [6.45, 7) is 3.48. The van der Waals surface area contributed by atoms with E-state index in [9.17, 15) is 14.4 Å². The first-order valence-corrected chi connectivity index (χ1v) is 5.03. The van der Waals surface area contributed by atoms with Gasteiger partial charge in [0, 0.05) is 17.6 Å². The van der Waals surface area contributed by atoms with Crippen LogP contribution in [0.5, 0.6) is 0 Å². The fraction of sp³-hybridized carbons (Fsp3) is 0.667. The maximum atomic E-state index is 11.3. The quantitative estimate of drug-likeness (QED) is 0.573. The second-order valence-electron chi connectivity index (χ2n) is 4.03. The van der Waals surface area contributed by atoms with Gasteiger partial charge in [0.25, 0.3) is 11.8 Å². The van der Waals surface area contributed by atoms with Gasteiger partial charge < -0.3 is 4.84 Å². The lowest BCUT2D eigenvalue weighted by Gasteiger charge is -2.18. The molecule has 1 heterocycles. The van der Waals surface area contributed by atoms with Crippen LogP contribution in [0.2, 0.25) is 0 Å². The molecule has 0 aliphatic carbocycles. The summed E-state index contributed by atoms with van der Waals surface area (Å²) in [7, 11) is 0. The summed E-state index contributed by atoms with van der Waals surface area (Å²) in [6, 6.07) is 0. The van der Waals surface area contributed by atoms with Gasteiger partial charge in [0.1, 0.15) is 0 Å². The summed E-state index contributed by atoms with van der Waals surface area (Å²) in [5.41, 5.74) is 0. The second kappa shape index (κ2) is 4.22. The average Bonchev–Trinajstić information content (AvgIpc) is 2.32. The van der Waals surface area contributed by atoms with Crippen molar-refractivity contribution >= 4 is 30.4 Å². The lowest BCUT2D eigenvalue weighted by molar-refractivity contribution is -0.197. The molecule has 0 N–H and O–H groups in total. The van der Waals surface area contributed by atoms with Crippen molar-refractivity contribution in [1.82, 2.24) is 5.06 Å². The van der Waals surface area contributed by atoms with Crippen LogP contribution in [-0.4, -0.2) is 27.6 Å². The normalized spacial score (nSPS) is 17.1. The predicted molar refractivity (Wildman–Crippen MR) is 54.9 cm³/mol. The Morgan fingerprint density at radius 2 is 1.87 bits per heavy atom. The molecule has 0 atom stereocenters. The summed E-state index contributed by atoms with van der Waals surface area (Å²) < 4.78 is -0.525. The largest absolute Gasteiger partial charge is 0.334 e. The van der Waals surface area contributed by atoms with Gasteiger partial charge in [-0.2, -0.15) is 12.6 Å². The van der Waals surface area contributed by atoms with E-state index in [0.717, 1.165) is 0 Å². The molecule has 0 radical (unpaired) electrons. The minimum Gasteiger partial charge on any atom is -0.330 e. The van der Waals surface area contributed by atoms with Crippen molar-refractivity contribution in [2.24, 2.45) is 0 Å². The molecule has 1 saturated heterocycles. The first-order valence-electron chi connectivity index (χ1n) is 4.58. The van der Waals surface area contributed by atoms with Gasteiger partial charge in [-0.1, -0.05) is 13.8 Å². The third-order valence-electron chi connectivity index (χ3n) is 1.78. The number of carbonyl (C=O) groups is 3. The van der Waals surface area contributed by atoms with Crippen molar-refractivity contribution in [3.8, 4) is 0 Å². The highest BCUT2D eigenvalue weighted by Crippen LogP contribution is 2.19. The van der Waals surface area contributed by atoms with E-state index in [4.69, 9.17) is 0 Å². The van der Waals surface area contributed by atoms with E-state index >= 15 is 0 Å². The Balaban J connectivity index is 2.51.